The molecule has 4 rings (SSSR count). The van der Waals surface area contributed by atoms with Crippen LogP contribution in [-0.4, -0.2) is 54.6 Å². The number of carbonyl (C=O) groups is 1. The van der Waals surface area contributed by atoms with Gasteiger partial charge in [0.2, 0.25) is 0 Å². The third-order valence-electron chi connectivity index (χ3n) is 5.57. The van der Waals surface area contributed by atoms with Crippen molar-refractivity contribution in [3.05, 3.63) is 71.3 Å². The zero-order valence-electron chi connectivity index (χ0n) is 15.7. The van der Waals surface area contributed by atoms with Crippen molar-refractivity contribution < 1.29 is 18.3 Å². The van der Waals surface area contributed by atoms with Crippen LogP contribution in [0.25, 0.3) is 0 Å². The predicted octanol–water partition coefficient (Wildman–Crippen LogP) is 3.64. The molecule has 2 aliphatic rings. The summed E-state index contributed by atoms with van der Waals surface area (Å²) < 4.78 is 34.1. The van der Waals surface area contributed by atoms with Crippen LogP contribution in [0.3, 0.4) is 0 Å². The van der Waals surface area contributed by atoms with Gasteiger partial charge in [-0.1, -0.05) is 36.4 Å². The van der Waals surface area contributed by atoms with Crippen LogP contribution in [0.2, 0.25) is 0 Å². The zero-order valence-corrected chi connectivity index (χ0v) is 15.7. The highest BCUT2D eigenvalue weighted by atomic mass is 19.2. The molecule has 2 saturated heterocycles. The number of amides is 1. The topological polar surface area (TPSA) is 32.8 Å². The maximum atomic E-state index is 14.3. The summed E-state index contributed by atoms with van der Waals surface area (Å²) in [5.74, 6) is -2.61. The zero-order chi connectivity index (χ0) is 19.5. The van der Waals surface area contributed by atoms with E-state index in [-0.39, 0.29) is 17.7 Å². The van der Waals surface area contributed by atoms with Crippen molar-refractivity contribution in [2.24, 2.45) is 0 Å². The van der Waals surface area contributed by atoms with Crippen molar-refractivity contribution in [3.63, 3.8) is 0 Å². The van der Waals surface area contributed by atoms with Gasteiger partial charge in [0.15, 0.2) is 11.6 Å². The third-order valence-corrected chi connectivity index (χ3v) is 5.57. The Morgan fingerprint density at radius 2 is 1.75 bits per heavy atom. The Bertz CT molecular complexity index is 825. The van der Waals surface area contributed by atoms with Gasteiger partial charge in [0.25, 0.3) is 5.91 Å². The van der Waals surface area contributed by atoms with Crippen LogP contribution in [0.4, 0.5) is 8.78 Å². The lowest BCUT2D eigenvalue weighted by molar-refractivity contribution is -0.0708. The molecule has 0 bridgehead atoms. The SMILES string of the molecule is O=C(c1cccc(F)c1F)N1CCO[C@@H](CN2CCCC2)[C@@H]1c1ccccc1. The molecule has 2 fully saturated rings. The second-order valence-electron chi connectivity index (χ2n) is 7.37. The van der Waals surface area contributed by atoms with Crippen LogP contribution in [-0.2, 0) is 4.74 Å². The second kappa shape index (κ2) is 8.37. The third kappa shape index (κ3) is 3.80. The number of morpholine rings is 1. The largest absolute Gasteiger partial charge is 0.373 e. The number of likely N-dealkylation sites (tertiary alicyclic amines) is 1. The summed E-state index contributed by atoms with van der Waals surface area (Å²) in [6.45, 7) is 3.48. The molecule has 4 nitrogen and oxygen atoms in total. The first-order chi connectivity index (χ1) is 13.6. The van der Waals surface area contributed by atoms with Crippen molar-refractivity contribution in [1.29, 1.82) is 0 Å². The first-order valence-electron chi connectivity index (χ1n) is 9.79. The summed E-state index contributed by atoms with van der Waals surface area (Å²) in [7, 11) is 0. The lowest BCUT2D eigenvalue weighted by Crippen LogP contribution is -2.51. The molecule has 2 aliphatic heterocycles. The molecule has 2 heterocycles. The van der Waals surface area contributed by atoms with Gasteiger partial charge in [-0.2, -0.15) is 0 Å². The molecular weight excluding hydrogens is 362 g/mol. The molecule has 0 spiro atoms. The lowest BCUT2D eigenvalue weighted by Gasteiger charge is -2.42. The van der Waals surface area contributed by atoms with E-state index in [9.17, 15) is 13.6 Å². The molecule has 148 valence electrons. The minimum atomic E-state index is -1.10. The van der Waals surface area contributed by atoms with E-state index >= 15 is 0 Å². The van der Waals surface area contributed by atoms with Crippen LogP contribution >= 0.6 is 0 Å². The van der Waals surface area contributed by atoms with Crippen LogP contribution in [0, 0.1) is 11.6 Å². The summed E-state index contributed by atoms with van der Waals surface area (Å²) in [6.07, 6.45) is 2.12. The quantitative estimate of drug-likeness (QED) is 0.804. The maximum Gasteiger partial charge on any atom is 0.257 e. The van der Waals surface area contributed by atoms with E-state index < -0.39 is 17.5 Å². The minimum Gasteiger partial charge on any atom is -0.373 e. The standard InChI is InChI=1S/C22H24F2N2O2/c23-18-10-6-9-17(20(18)24)22(27)26-13-14-28-19(15-25-11-4-5-12-25)21(26)16-7-2-1-3-8-16/h1-3,6-10,19,21H,4-5,11-15H2/t19-,21-/m0/s1. The molecule has 2 aromatic carbocycles. The van der Waals surface area contributed by atoms with Crippen molar-refractivity contribution in [2.45, 2.75) is 25.0 Å². The Morgan fingerprint density at radius 1 is 1.00 bits per heavy atom. The Labute approximate surface area is 163 Å². The van der Waals surface area contributed by atoms with Crippen LogP contribution < -0.4 is 0 Å². The average molecular weight is 386 g/mol. The fraction of sp³-hybridized carbons (Fsp3) is 0.409. The molecule has 1 amide bonds. The summed E-state index contributed by atoms with van der Waals surface area (Å²) in [4.78, 5) is 17.2. The van der Waals surface area contributed by atoms with Crippen LogP contribution in [0.1, 0.15) is 34.8 Å². The van der Waals surface area contributed by atoms with Crippen LogP contribution in [0.15, 0.2) is 48.5 Å². The predicted molar refractivity (Wildman–Crippen MR) is 102 cm³/mol. The molecule has 2 atom stereocenters. The molecule has 2 aromatic rings. The van der Waals surface area contributed by atoms with Gasteiger partial charge in [-0.25, -0.2) is 8.78 Å². The Hall–Kier alpha value is -2.31. The van der Waals surface area contributed by atoms with E-state index in [4.69, 9.17) is 4.74 Å². The Kier molecular flexibility index (Phi) is 5.69. The van der Waals surface area contributed by atoms with Crippen molar-refractivity contribution in [1.82, 2.24) is 9.80 Å². The van der Waals surface area contributed by atoms with E-state index in [1.165, 1.54) is 25.0 Å². The van der Waals surface area contributed by atoms with E-state index in [0.29, 0.717) is 13.2 Å². The maximum absolute atomic E-state index is 14.3. The molecule has 0 N–H and O–H groups in total. The number of halogens is 2. The molecule has 0 unspecified atom stereocenters. The van der Waals surface area contributed by atoms with E-state index in [0.717, 1.165) is 31.3 Å². The molecule has 0 aromatic heterocycles. The smallest absolute Gasteiger partial charge is 0.257 e. The number of carbonyl (C=O) groups excluding carboxylic acids is 1. The van der Waals surface area contributed by atoms with Crippen molar-refractivity contribution in [3.8, 4) is 0 Å². The first kappa shape index (κ1) is 19.0. The van der Waals surface area contributed by atoms with Crippen molar-refractivity contribution >= 4 is 5.91 Å². The molecule has 0 aliphatic carbocycles. The first-order valence-corrected chi connectivity index (χ1v) is 9.79. The Morgan fingerprint density at radius 3 is 2.50 bits per heavy atom. The van der Waals surface area contributed by atoms with Gasteiger partial charge in [-0.3, -0.25) is 4.79 Å². The fourth-order valence-corrected chi connectivity index (χ4v) is 4.20. The normalized spacial score (nSPS) is 23.1. The van der Waals surface area contributed by atoms with Crippen molar-refractivity contribution in [2.75, 3.05) is 32.8 Å². The number of ether oxygens (including phenoxy) is 1. The van der Waals surface area contributed by atoms with Gasteiger partial charge in [-0.15, -0.1) is 0 Å². The number of benzene rings is 2. The fourth-order valence-electron chi connectivity index (χ4n) is 4.20. The number of nitrogens with zero attached hydrogens (tertiary/aromatic N) is 2. The van der Waals surface area contributed by atoms with Gasteiger partial charge in [0.05, 0.1) is 24.3 Å². The summed E-state index contributed by atoms with van der Waals surface area (Å²) >= 11 is 0. The second-order valence-corrected chi connectivity index (χ2v) is 7.37. The van der Waals surface area contributed by atoms with Crippen LogP contribution in [0.5, 0.6) is 0 Å². The summed E-state index contributed by atoms with van der Waals surface area (Å²) in [6, 6.07) is 13.1. The van der Waals surface area contributed by atoms with Gasteiger partial charge in [-0.05, 0) is 43.6 Å². The minimum absolute atomic E-state index is 0.213. The molecule has 0 saturated carbocycles. The van der Waals surface area contributed by atoms with E-state index in [1.54, 1.807) is 4.90 Å². The Balaban J connectivity index is 1.67. The lowest BCUT2D eigenvalue weighted by atomic mass is 9.96. The summed E-state index contributed by atoms with van der Waals surface area (Å²) in [5.41, 5.74) is 0.708. The molecule has 0 radical (unpaired) electrons. The highest BCUT2D eigenvalue weighted by molar-refractivity contribution is 5.95. The molecule has 28 heavy (non-hydrogen) atoms. The van der Waals surface area contributed by atoms with E-state index in [2.05, 4.69) is 4.90 Å². The average Bonchev–Trinajstić information content (AvgIpc) is 3.23. The van der Waals surface area contributed by atoms with Gasteiger partial charge < -0.3 is 14.5 Å². The molecular formula is C22H24F2N2O2. The summed E-state index contributed by atoms with van der Waals surface area (Å²) in [5, 5.41) is 0. The highest BCUT2D eigenvalue weighted by Crippen LogP contribution is 2.32. The number of rotatable bonds is 4. The van der Waals surface area contributed by atoms with Gasteiger partial charge in [0, 0.05) is 13.1 Å². The van der Waals surface area contributed by atoms with Gasteiger partial charge in [0.1, 0.15) is 0 Å². The molecule has 6 heteroatoms. The number of hydrogen-bond donors (Lipinski definition) is 0. The van der Waals surface area contributed by atoms with Gasteiger partial charge >= 0.3 is 0 Å². The number of hydrogen-bond acceptors (Lipinski definition) is 3. The van der Waals surface area contributed by atoms with E-state index in [1.807, 2.05) is 30.3 Å². The highest BCUT2D eigenvalue weighted by Gasteiger charge is 2.38. The monoisotopic (exact) mass is 386 g/mol.